The van der Waals surface area contributed by atoms with Crippen LogP contribution in [0.5, 0.6) is 11.5 Å². The van der Waals surface area contributed by atoms with Gasteiger partial charge in [0, 0.05) is 19.7 Å². The summed E-state index contributed by atoms with van der Waals surface area (Å²) in [5, 5.41) is 0. The normalized spacial score (nSPS) is 18.0. The molecular formula is C23H26N2O5. The second kappa shape index (κ2) is 9.17. The van der Waals surface area contributed by atoms with Gasteiger partial charge in [-0.15, -0.1) is 0 Å². The molecule has 1 fully saturated rings. The highest BCUT2D eigenvalue weighted by atomic mass is 16.5. The van der Waals surface area contributed by atoms with Crippen molar-refractivity contribution in [2.45, 2.75) is 25.5 Å². The first-order chi connectivity index (χ1) is 14.6. The number of amides is 2. The quantitative estimate of drug-likeness (QED) is 0.702. The Labute approximate surface area is 176 Å². The highest BCUT2D eigenvalue weighted by Crippen LogP contribution is 2.31. The number of hydrogen-bond acceptors (Lipinski definition) is 5. The lowest BCUT2D eigenvalue weighted by molar-refractivity contribution is -0.133. The molecule has 2 aliphatic heterocycles. The van der Waals surface area contributed by atoms with Crippen molar-refractivity contribution >= 4 is 17.5 Å². The molecule has 1 unspecified atom stereocenters. The molecule has 1 atom stereocenters. The molecule has 2 aliphatic rings. The van der Waals surface area contributed by atoms with E-state index >= 15 is 0 Å². The van der Waals surface area contributed by atoms with E-state index in [9.17, 15) is 9.59 Å². The first-order valence-electron chi connectivity index (χ1n) is 10.2. The summed E-state index contributed by atoms with van der Waals surface area (Å²) in [5.41, 5.74) is 1.59. The molecule has 2 aromatic carbocycles. The van der Waals surface area contributed by atoms with Crippen molar-refractivity contribution < 1.29 is 23.8 Å². The Kier molecular flexibility index (Phi) is 6.18. The number of fused-ring (bicyclic) bond motifs is 1. The Balaban J connectivity index is 1.53. The first-order valence-corrected chi connectivity index (χ1v) is 10.2. The molecule has 7 heteroatoms. The van der Waals surface area contributed by atoms with Gasteiger partial charge in [0.2, 0.25) is 5.91 Å². The second-order valence-corrected chi connectivity index (χ2v) is 7.50. The Morgan fingerprint density at radius 3 is 2.90 bits per heavy atom. The van der Waals surface area contributed by atoms with Gasteiger partial charge in [-0.3, -0.25) is 14.5 Å². The van der Waals surface area contributed by atoms with Crippen molar-refractivity contribution in [2.24, 2.45) is 0 Å². The van der Waals surface area contributed by atoms with Crippen LogP contribution in [0.2, 0.25) is 0 Å². The van der Waals surface area contributed by atoms with Crippen LogP contribution in [0.25, 0.3) is 0 Å². The van der Waals surface area contributed by atoms with Crippen LogP contribution in [-0.4, -0.2) is 56.2 Å². The molecule has 30 heavy (non-hydrogen) atoms. The molecule has 0 N–H and O–H groups in total. The van der Waals surface area contributed by atoms with Gasteiger partial charge in [0.1, 0.15) is 18.0 Å². The van der Waals surface area contributed by atoms with Gasteiger partial charge in [0.05, 0.1) is 18.9 Å². The second-order valence-electron chi connectivity index (χ2n) is 7.50. The van der Waals surface area contributed by atoms with E-state index in [1.165, 1.54) is 4.90 Å². The third-order valence-corrected chi connectivity index (χ3v) is 5.41. The van der Waals surface area contributed by atoms with Gasteiger partial charge < -0.3 is 19.1 Å². The summed E-state index contributed by atoms with van der Waals surface area (Å²) >= 11 is 0. The van der Waals surface area contributed by atoms with Gasteiger partial charge >= 0.3 is 0 Å². The summed E-state index contributed by atoms with van der Waals surface area (Å²) in [5.74, 6) is 1.01. The highest BCUT2D eigenvalue weighted by Gasteiger charge is 2.30. The third kappa shape index (κ3) is 4.57. The summed E-state index contributed by atoms with van der Waals surface area (Å²) < 4.78 is 16.6. The number of carbonyl (C=O) groups is 2. The summed E-state index contributed by atoms with van der Waals surface area (Å²) in [4.78, 5) is 29.1. The minimum Gasteiger partial charge on any atom is -0.497 e. The standard InChI is InChI=1S/C23H26N2O5/c1-28-18-7-4-6-17(12-18)13-24(14-19-8-5-11-29-19)22(26)15-25-20-9-2-3-10-21(20)30-16-23(25)27/h2-4,6-7,9-10,12,19H,5,8,11,13-16H2,1H3. The zero-order chi connectivity index (χ0) is 20.9. The Morgan fingerprint density at radius 2 is 2.10 bits per heavy atom. The molecule has 2 heterocycles. The third-order valence-electron chi connectivity index (χ3n) is 5.41. The maximum absolute atomic E-state index is 13.3. The van der Waals surface area contributed by atoms with E-state index in [2.05, 4.69) is 0 Å². The lowest BCUT2D eigenvalue weighted by Gasteiger charge is -2.32. The molecule has 0 radical (unpaired) electrons. The van der Waals surface area contributed by atoms with Crippen molar-refractivity contribution in [3.05, 3.63) is 54.1 Å². The van der Waals surface area contributed by atoms with Crippen molar-refractivity contribution in [3.8, 4) is 11.5 Å². The molecule has 2 aromatic rings. The maximum atomic E-state index is 13.3. The van der Waals surface area contributed by atoms with Gasteiger partial charge in [-0.2, -0.15) is 0 Å². The molecule has 0 saturated carbocycles. The molecular weight excluding hydrogens is 384 g/mol. The fourth-order valence-electron chi connectivity index (χ4n) is 3.84. The maximum Gasteiger partial charge on any atom is 0.265 e. The number of rotatable bonds is 7. The van der Waals surface area contributed by atoms with E-state index in [4.69, 9.17) is 14.2 Å². The molecule has 158 valence electrons. The molecule has 0 spiro atoms. The van der Waals surface area contributed by atoms with Gasteiger partial charge in [-0.05, 0) is 42.7 Å². The topological polar surface area (TPSA) is 68.3 Å². The molecule has 0 aliphatic carbocycles. The van der Waals surface area contributed by atoms with Crippen LogP contribution in [0.1, 0.15) is 18.4 Å². The Bertz CT molecular complexity index is 910. The minimum atomic E-state index is -0.222. The fourth-order valence-corrected chi connectivity index (χ4v) is 3.84. The van der Waals surface area contributed by atoms with Crippen LogP contribution in [0.3, 0.4) is 0 Å². The van der Waals surface area contributed by atoms with Crippen LogP contribution in [-0.2, 0) is 20.9 Å². The van der Waals surface area contributed by atoms with Crippen molar-refractivity contribution in [2.75, 3.05) is 38.3 Å². The summed E-state index contributed by atoms with van der Waals surface area (Å²) in [7, 11) is 1.62. The molecule has 4 rings (SSSR count). The van der Waals surface area contributed by atoms with Gasteiger partial charge in [-0.25, -0.2) is 0 Å². The average Bonchev–Trinajstić information content (AvgIpc) is 3.28. The van der Waals surface area contributed by atoms with Crippen LogP contribution >= 0.6 is 0 Å². The van der Waals surface area contributed by atoms with Crippen LogP contribution < -0.4 is 14.4 Å². The summed E-state index contributed by atoms with van der Waals surface area (Å²) in [6.45, 7) is 1.55. The van der Waals surface area contributed by atoms with Crippen molar-refractivity contribution in [1.82, 2.24) is 4.90 Å². The largest absolute Gasteiger partial charge is 0.497 e. The predicted molar refractivity (Wildman–Crippen MR) is 112 cm³/mol. The Morgan fingerprint density at radius 1 is 1.23 bits per heavy atom. The number of carbonyl (C=O) groups excluding carboxylic acids is 2. The number of anilines is 1. The van der Waals surface area contributed by atoms with E-state index in [1.54, 1.807) is 24.1 Å². The van der Waals surface area contributed by atoms with E-state index in [0.29, 0.717) is 24.5 Å². The van der Waals surface area contributed by atoms with Crippen molar-refractivity contribution in [3.63, 3.8) is 0 Å². The van der Waals surface area contributed by atoms with E-state index in [0.717, 1.165) is 30.8 Å². The van der Waals surface area contributed by atoms with Crippen molar-refractivity contribution in [1.29, 1.82) is 0 Å². The first kappa shape index (κ1) is 20.2. The molecule has 2 amide bonds. The van der Waals surface area contributed by atoms with E-state index < -0.39 is 0 Å². The summed E-state index contributed by atoms with van der Waals surface area (Å²) in [6, 6.07) is 15.0. The highest BCUT2D eigenvalue weighted by molar-refractivity contribution is 6.02. The lowest BCUT2D eigenvalue weighted by atomic mass is 10.1. The zero-order valence-electron chi connectivity index (χ0n) is 17.1. The lowest BCUT2D eigenvalue weighted by Crippen LogP contribution is -2.47. The van der Waals surface area contributed by atoms with E-state index in [1.807, 2.05) is 36.4 Å². The molecule has 7 nitrogen and oxygen atoms in total. The van der Waals surface area contributed by atoms with Gasteiger partial charge in [0.25, 0.3) is 5.91 Å². The SMILES string of the molecule is COc1cccc(CN(CC2CCCO2)C(=O)CN2C(=O)COc3ccccc32)c1. The number of nitrogens with zero attached hydrogens (tertiary/aromatic N) is 2. The monoisotopic (exact) mass is 410 g/mol. The molecule has 1 saturated heterocycles. The molecule has 0 aromatic heterocycles. The number of ether oxygens (including phenoxy) is 3. The average molecular weight is 410 g/mol. The number of hydrogen-bond donors (Lipinski definition) is 0. The van der Waals surface area contributed by atoms with Gasteiger partial charge in [0.15, 0.2) is 6.61 Å². The van der Waals surface area contributed by atoms with Gasteiger partial charge in [-0.1, -0.05) is 24.3 Å². The number of para-hydroxylation sites is 2. The number of methoxy groups -OCH3 is 1. The summed E-state index contributed by atoms with van der Waals surface area (Å²) in [6.07, 6.45) is 1.95. The predicted octanol–water partition coefficient (Wildman–Crippen LogP) is 2.63. The van der Waals surface area contributed by atoms with Crippen LogP contribution in [0.4, 0.5) is 5.69 Å². The fraction of sp³-hybridized carbons (Fsp3) is 0.391. The van der Waals surface area contributed by atoms with Crippen LogP contribution in [0.15, 0.2) is 48.5 Å². The molecule has 0 bridgehead atoms. The van der Waals surface area contributed by atoms with E-state index in [-0.39, 0.29) is 31.1 Å². The van der Waals surface area contributed by atoms with Crippen LogP contribution in [0, 0.1) is 0 Å². The Hall–Kier alpha value is -3.06. The smallest absolute Gasteiger partial charge is 0.265 e. The minimum absolute atomic E-state index is 0.0206. The zero-order valence-corrected chi connectivity index (χ0v) is 17.1. The number of benzene rings is 2.